The third-order valence-corrected chi connectivity index (χ3v) is 4.86. The predicted molar refractivity (Wildman–Crippen MR) is 99.8 cm³/mol. The molecule has 1 fully saturated rings. The molecule has 0 aliphatic carbocycles. The summed E-state index contributed by atoms with van der Waals surface area (Å²) < 4.78 is 0. The Morgan fingerprint density at radius 1 is 1.32 bits per heavy atom. The van der Waals surface area contributed by atoms with Crippen molar-refractivity contribution in [2.24, 2.45) is 5.92 Å². The van der Waals surface area contributed by atoms with Gasteiger partial charge in [0.1, 0.15) is 0 Å². The van der Waals surface area contributed by atoms with Crippen LogP contribution in [0.25, 0.3) is 6.08 Å². The first kappa shape index (κ1) is 19.2. The maximum Gasteiger partial charge on any atom is 0.244 e. The van der Waals surface area contributed by atoms with Crippen LogP contribution in [0.2, 0.25) is 0 Å². The molecule has 1 aromatic rings. The molecule has 0 unspecified atom stereocenters. The van der Waals surface area contributed by atoms with Crippen molar-refractivity contribution in [1.82, 2.24) is 15.2 Å². The molecule has 2 heterocycles. The first-order valence-electron chi connectivity index (χ1n) is 9.19. The summed E-state index contributed by atoms with van der Waals surface area (Å²) >= 11 is 0. The maximum absolute atomic E-state index is 11.8. The fraction of sp³-hybridized carbons (Fsp3) is 0.550. The third-order valence-electron chi connectivity index (χ3n) is 4.86. The Labute approximate surface area is 150 Å². The maximum atomic E-state index is 11.8. The van der Waals surface area contributed by atoms with Crippen LogP contribution in [0.15, 0.2) is 24.4 Å². The second-order valence-electron chi connectivity index (χ2n) is 6.75. The Bertz CT molecular complexity index is 605. The average Bonchev–Trinajstić information content (AvgIpc) is 2.61. The van der Waals surface area contributed by atoms with E-state index in [4.69, 9.17) is 0 Å². The number of rotatable bonds is 7. The molecule has 0 atom stereocenters. The van der Waals surface area contributed by atoms with Gasteiger partial charge < -0.3 is 10.2 Å². The molecule has 0 radical (unpaired) electrons. The Balaban J connectivity index is 1.56. The number of carbonyl (C=O) groups excluding carboxylic acids is 2. The topological polar surface area (TPSA) is 62.3 Å². The summed E-state index contributed by atoms with van der Waals surface area (Å²) in [6.07, 6.45) is 10.7. The lowest BCUT2D eigenvalue weighted by atomic mass is 9.91. The molecular formula is C20H29N3O2. The number of amides is 2. The van der Waals surface area contributed by atoms with Crippen LogP contribution in [0.5, 0.6) is 0 Å². The Morgan fingerprint density at radius 3 is 2.76 bits per heavy atom. The average molecular weight is 343 g/mol. The van der Waals surface area contributed by atoms with Gasteiger partial charge in [-0.3, -0.25) is 14.6 Å². The second-order valence-corrected chi connectivity index (χ2v) is 6.75. The normalized spacial score (nSPS) is 15.5. The van der Waals surface area contributed by atoms with E-state index in [-0.39, 0.29) is 11.8 Å². The summed E-state index contributed by atoms with van der Waals surface area (Å²) in [7, 11) is 0. The van der Waals surface area contributed by atoms with Gasteiger partial charge in [-0.25, -0.2) is 0 Å². The minimum absolute atomic E-state index is 0.0574. The molecule has 1 aliphatic rings. The quantitative estimate of drug-likeness (QED) is 0.611. The molecule has 0 saturated carbocycles. The van der Waals surface area contributed by atoms with E-state index in [1.54, 1.807) is 25.3 Å². The van der Waals surface area contributed by atoms with Crippen molar-refractivity contribution in [1.29, 1.82) is 0 Å². The number of piperidine rings is 1. The van der Waals surface area contributed by atoms with Gasteiger partial charge in [-0.2, -0.15) is 0 Å². The summed E-state index contributed by atoms with van der Waals surface area (Å²) in [6, 6.07) is 3.81. The first-order valence-corrected chi connectivity index (χ1v) is 9.19. The zero-order valence-electron chi connectivity index (χ0n) is 15.3. The fourth-order valence-electron chi connectivity index (χ4n) is 3.20. The Morgan fingerprint density at radius 2 is 2.08 bits per heavy atom. The van der Waals surface area contributed by atoms with Gasteiger partial charge >= 0.3 is 0 Å². The van der Waals surface area contributed by atoms with Crippen LogP contribution in [0, 0.1) is 12.8 Å². The van der Waals surface area contributed by atoms with Crippen molar-refractivity contribution >= 4 is 17.9 Å². The highest BCUT2D eigenvalue weighted by Gasteiger charge is 2.19. The van der Waals surface area contributed by atoms with E-state index in [1.807, 2.05) is 24.0 Å². The molecule has 25 heavy (non-hydrogen) atoms. The van der Waals surface area contributed by atoms with Crippen LogP contribution in [-0.4, -0.2) is 41.3 Å². The third kappa shape index (κ3) is 6.69. The lowest BCUT2D eigenvalue weighted by molar-refractivity contribution is -0.130. The molecule has 1 N–H and O–H groups in total. The van der Waals surface area contributed by atoms with E-state index < -0.39 is 0 Å². The molecule has 0 aromatic carbocycles. The largest absolute Gasteiger partial charge is 0.353 e. The van der Waals surface area contributed by atoms with E-state index >= 15 is 0 Å². The first-order chi connectivity index (χ1) is 12.1. The molecule has 1 saturated heterocycles. The Kier molecular flexibility index (Phi) is 7.64. The predicted octanol–water partition coefficient (Wildman–Crippen LogP) is 2.95. The van der Waals surface area contributed by atoms with E-state index in [0.29, 0.717) is 6.54 Å². The van der Waals surface area contributed by atoms with Crippen LogP contribution in [-0.2, 0) is 9.59 Å². The summed E-state index contributed by atoms with van der Waals surface area (Å²) in [5, 5.41) is 2.93. The summed E-state index contributed by atoms with van der Waals surface area (Å²) in [6.45, 7) is 6.08. The molecule has 136 valence electrons. The monoisotopic (exact) mass is 343 g/mol. The van der Waals surface area contributed by atoms with Gasteiger partial charge in [-0.15, -0.1) is 0 Å². The Hall–Kier alpha value is -2.17. The molecular weight excluding hydrogens is 314 g/mol. The summed E-state index contributed by atoms with van der Waals surface area (Å²) in [5.41, 5.74) is 1.89. The van der Waals surface area contributed by atoms with Crippen LogP contribution in [0.3, 0.4) is 0 Å². The smallest absolute Gasteiger partial charge is 0.244 e. The minimum atomic E-state index is -0.0574. The van der Waals surface area contributed by atoms with Crippen molar-refractivity contribution in [2.75, 3.05) is 19.6 Å². The SMILES string of the molecule is CC(=O)N1CCC(CCCCNC(=O)/C=C/c2cccnc2C)CC1. The van der Waals surface area contributed by atoms with Crippen molar-refractivity contribution in [3.8, 4) is 0 Å². The van der Waals surface area contributed by atoms with Crippen molar-refractivity contribution in [3.05, 3.63) is 35.7 Å². The van der Waals surface area contributed by atoms with E-state index in [2.05, 4.69) is 10.3 Å². The summed E-state index contributed by atoms with van der Waals surface area (Å²) in [5.74, 6) is 0.855. The van der Waals surface area contributed by atoms with E-state index in [9.17, 15) is 9.59 Å². The highest BCUT2D eigenvalue weighted by atomic mass is 16.2. The van der Waals surface area contributed by atoms with Gasteiger partial charge in [-0.05, 0) is 49.8 Å². The van der Waals surface area contributed by atoms with E-state index in [1.165, 1.54) is 6.42 Å². The standard InChI is InChI=1S/C20H29N3O2/c1-16-19(7-5-13-21-16)8-9-20(25)22-12-4-3-6-18-10-14-23(15-11-18)17(2)24/h5,7-9,13,18H,3-4,6,10-12,14-15H2,1-2H3,(H,22,25)/b9-8+. The highest BCUT2D eigenvalue weighted by molar-refractivity contribution is 5.91. The molecule has 5 heteroatoms. The second kappa shape index (κ2) is 9.97. The zero-order chi connectivity index (χ0) is 18.1. The number of aromatic nitrogens is 1. The molecule has 2 rings (SSSR count). The minimum Gasteiger partial charge on any atom is -0.353 e. The zero-order valence-corrected chi connectivity index (χ0v) is 15.3. The fourth-order valence-corrected chi connectivity index (χ4v) is 3.20. The molecule has 2 amide bonds. The number of nitrogens with one attached hydrogen (secondary N) is 1. The summed E-state index contributed by atoms with van der Waals surface area (Å²) in [4.78, 5) is 29.3. The van der Waals surface area contributed by atoms with Gasteiger partial charge in [0.15, 0.2) is 0 Å². The molecule has 0 bridgehead atoms. The molecule has 0 spiro atoms. The number of aryl methyl sites for hydroxylation is 1. The van der Waals surface area contributed by atoms with Gasteiger partial charge in [0, 0.05) is 44.5 Å². The van der Waals surface area contributed by atoms with Gasteiger partial charge in [0.25, 0.3) is 0 Å². The van der Waals surface area contributed by atoms with Crippen molar-refractivity contribution in [2.45, 2.75) is 46.0 Å². The van der Waals surface area contributed by atoms with Gasteiger partial charge in [0.2, 0.25) is 11.8 Å². The number of carbonyl (C=O) groups is 2. The van der Waals surface area contributed by atoms with Crippen molar-refractivity contribution < 1.29 is 9.59 Å². The number of likely N-dealkylation sites (tertiary alicyclic amines) is 1. The van der Waals surface area contributed by atoms with Crippen LogP contribution >= 0.6 is 0 Å². The van der Waals surface area contributed by atoms with Crippen LogP contribution in [0.1, 0.15) is 50.3 Å². The molecule has 5 nitrogen and oxygen atoms in total. The lowest BCUT2D eigenvalue weighted by Gasteiger charge is -2.31. The molecule has 1 aromatic heterocycles. The number of hydrogen-bond acceptors (Lipinski definition) is 3. The van der Waals surface area contributed by atoms with Crippen LogP contribution < -0.4 is 5.32 Å². The molecule has 1 aliphatic heterocycles. The van der Waals surface area contributed by atoms with Gasteiger partial charge in [0.05, 0.1) is 0 Å². The van der Waals surface area contributed by atoms with Gasteiger partial charge in [-0.1, -0.05) is 18.9 Å². The number of hydrogen-bond donors (Lipinski definition) is 1. The number of nitrogens with zero attached hydrogens (tertiary/aromatic N) is 2. The lowest BCUT2D eigenvalue weighted by Crippen LogP contribution is -2.36. The van der Waals surface area contributed by atoms with Crippen LogP contribution in [0.4, 0.5) is 0 Å². The number of unbranched alkanes of at least 4 members (excludes halogenated alkanes) is 1. The highest BCUT2D eigenvalue weighted by Crippen LogP contribution is 2.22. The number of pyridine rings is 1. The van der Waals surface area contributed by atoms with Crippen molar-refractivity contribution in [3.63, 3.8) is 0 Å². The van der Waals surface area contributed by atoms with E-state index in [0.717, 1.165) is 55.9 Å².